The summed E-state index contributed by atoms with van der Waals surface area (Å²) in [5.74, 6) is -1.18. The number of halogens is 4. The minimum absolute atomic E-state index is 0.142. The minimum atomic E-state index is -4.71. The average Bonchev–Trinajstić information content (AvgIpc) is 2.60. The molecule has 0 aliphatic carbocycles. The maximum atomic E-state index is 13.6. The molecule has 0 spiro atoms. The van der Waals surface area contributed by atoms with Gasteiger partial charge in [0, 0.05) is 11.6 Å². The molecule has 6 heteroatoms. The van der Waals surface area contributed by atoms with Gasteiger partial charge < -0.3 is 4.42 Å². The van der Waals surface area contributed by atoms with Crippen molar-refractivity contribution in [3.63, 3.8) is 0 Å². The van der Waals surface area contributed by atoms with Crippen LogP contribution in [0.2, 0.25) is 0 Å². The zero-order chi connectivity index (χ0) is 18.5. The zero-order valence-electron chi connectivity index (χ0n) is 13.1. The van der Waals surface area contributed by atoms with E-state index in [-0.39, 0.29) is 16.7 Å². The van der Waals surface area contributed by atoms with Gasteiger partial charge in [-0.1, -0.05) is 30.3 Å². The van der Waals surface area contributed by atoms with Gasteiger partial charge in [0.15, 0.2) is 5.43 Å². The van der Waals surface area contributed by atoms with Gasteiger partial charge >= 0.3 is 6.18 Å². The van der Waals surface area contributed by atoms with E-state index in [0.717, 1.165) is 17.5 Å². The Morgan fingerprint density at radius 2 is 1.65 bits per heavy atom. The molecule has 0 N–H and O–H groups in total. The van der Waals surface area contributed by atoms with Gasteiger partial charge in [0.25, 0.3) is 0 Å². The topological polar surface area (TPSA) is 30.2 Å². The van der Waals surface area contributed by atoms with Crippen molar-refractivity contribution in [1.82, 2.24) is 0 Å². The number of benzene rings is 3. The van der Waals surface area contributed by atoms with Crippen molar-refractivity contribution in [2.24, 2.45) is 0 Å². The molecule has 0 radical (unpaired) electrons. The lowest BCUT2D eigenvalue weighted by molar-refractivity contribution is -0.137. The van der Waals surface area contributed by atoms with E-state index in [0.29, 0.717) is 17.5 Å². The highest BCUT2D eigenvalue weighted by molar-refractivity contribution is 6.05. The van der Waals surface area contributed by atoms with Crippen molar-refractivity contribution >= 4 is 21.7 Å². The molecule has 3 aromatic carbocycles. The summed E-state index contributed by atoms with van der Waals surface area (Å²) in [6.45, 7) is 0. The number of rotatable bonds is 1. The lowest BCUT2D eigenvalue weighted by Gasteiger charge is -2.13. The van der Waals surface area contributed by atoms with Crippen LogP contribution in [-0.4, -0.2) is 0 Å². The molecule has 0 amide bonds. The third-order valence-corrected chi connectivity index (χ3v) is 4.17. The lowest BCUT2D eigenvalue weighted by Crippen LogP contribution is -2.09. The minimum Gasteiger partial charge on any atom is -0.456 e. The third kappa shape index (κ3) is 2.63. The highest BCUT2D eigenvalue weighted by Crippen LogP contribution is 2.38. The predicted molar refractivity (Wildman–Crippen MR) is 90.4 cm³/mol. The average molecular weight is 358 g/mol. The van der Waals surface area contributed by atoms with E-state index in [9.17, 15) is 22.4 Å². The van der Waals surface area contributed by atoms with Crippen molar-refractivity contribution in [1.29, 1.82) is 0 Å². The summed E-state index contributed by atoms with van der Waals surface area (Å²) in [4.78, 5) is 12.6. The summed E-state index contributed by atoms with van der Waals surface area (Å²) in [7, 11) is 0. The molecule has 1 aromatic heterocycles. The fourth-order valence-corrected chi connectivity index (χ4v) is 3.03. The maximum Gasteiger partial charge on any atom is 0.417 e. The zero-order valence-corrected chi connectivity index (χ0v) is 13.1. The largest absolute Gasteiger partial charge is 0.456 e. The van der Waals surface area contributed by atoms with Gasteiger partial charge in [0.2, 0.25) is 0 Å². The Kier molecular flexibility index (Phi) is 3.57. The van der Waals surface area contributed by atoms with Gasteiger partial charge in [-0.3, -0.25) is 4.79 Å². The molecule has 0 bridgehead atoms. The molecule has 4 aromatic rings. The monoisotopic (exact) mass is 358 g/mol. The van der Waals surface area contributed by atoms with Crippen molar-refractivity contribution in [2.75, 3.05) is 0 Å². The molecule has 130 valence electrons. The molecule has 2 nitrogen and oxygen atoms in total. The fourth-order valence-electron chi connectivity index (χ4n) is 3.03. The Balaban J connectivity index is 2.05. The highest BCUT2D eigenvalue weighted by Gasteiger charge is 2.34. The Labute approximate surface area is 144 Å². The van der Waals surface area contributed by atoms with Crippen LogP contribution in [0.25, 0.3) is 33.1 Å². The normalized spacial score (nSPS) is 12.0. The van der Waals surface area contributed by atoms with Crippen LogP contribution in [0.3, 0.4) is 0 Å². The third-order valence-electron chi connectivity index (χ3n) is 4.17. The van der Waals surface area contributed by atoms with Crippen molar-refractivity contribution in [3.05, 3.63) is 82.3 Å². The standard InChI is InChI=1S/C20H10F4O2/c21-12-6-7-15(20(22,23)24)14(9-12)18-10-16(25)19-13-4-2-1-3-11(13)5-8-17(19)26-18/h1-10H. The van der Waals surface area contributed by atoms with E-state index >= 15 is 0 Å². The van der Waals surface area contributed by atoms with Gasteiger partial charge in [-0.2, -0.15) is 13.2 Å². The van der Waals surface area contributed by atoms with E-state index < -0.39 is 28.5 Å². The summed E-state index contributed by atoms with van der Waals surface area (Å²) in [6, 6.07) is 13.4. The van der Waals surface area contributed by atoms with Crippen LogP contribution in [-0.2, 0) is 6.18 Å². The summed E-state index contributed by atoms with van der Waals surface area (Å²) in [5.41, 5.74) is -1.93. The van der Waals surface area contributed by atoms with Gasteiger partial charge in [0.1, 0.15) is 17.2 Å². The Morgan fingerprint density at radius 1 is 0.885 bits per heavy atom. The second-order valence-electron chi connectivity index (χ2n) is 5.82. The molecule has 1 heterocycles. The lowest BCUT2D eigenvalue weighted by atomic mass is 10.0. The highest BCUT2D eigenvalue weighted by atomic mass is 19.4. The molecule has 0 saturated carbocycles. The molecule has 4 rings (SSSR count). The van der Waals surface area contributed by atoms with Gasteiger partial charge in [-0.15, -0.1) is 0 Å². The van der Waals surface area contributed by atoms with E-state index in [1.54, 1.807) is 18.2 Å². The molecule has 0 aliphatic heterocycles. The molecular formula is C20H10F4O2. The maximum absolute atomic E-state index is 13.6. The van der Waals surface area contributed by atoms with E-state index in [4.69, 9.17) is 4.42 Å². The van der Waals surface area contributed by atoms with Crippen LogP contribution in [0.15, 0.2) is 69.9 Å². The first-order valence-corrected chi connectivity index (χ1v) is 7.67. The predicted octanol–water partition coefficient (Wildman–Crippen LogP) is 5.77. The summed E-state index contributed by atoms with van der Waals surface area (Å²) < 4.78 is 58.9. The van der Waals surface area contributed by atoms with Gasteiger partial charge in [-0.25, -0.2) is 4.39 Å². The second kappa shape index (κ2) is 5.69. The van der Waals surface area contributed by atoms with E-state index in [1.807, 2.05) is 12.1 Å². The van der Waals surface area contributed by atoms with Gasteiger partial charge in [0.05, 0.1) is 10.9 Å². The van der Waals surface area contributed by atoms with Crippen LogP contribution < -0.4 is 5.43 Å². The van der Waals surface area contributed by atoms with Crippen LogP contribution in [0.1, 0.15) is 5.56 Å². The van der Waals surface area contributed by atoms with Crippen LogP contribution in [0, 0.1) is 5.82 Å². The van der Waals surface area contributed by atoms with Crippen molar-refractivity contribution < 1.29 is 22.0 Å². The van der Waals surface area contributed by atoms with Gasteiger partial charge in [-0.05, 0) is 35.0 Å². The number of alkyl halides is 3. The van der Waals surface area contributed by atoms with Crippen molar-refractivity contribution in [3.8, 4) is 11.3 Å². The van der Waals surface area contributed by atoms with Crippen LogP contribution in [0.4, 0.5) is 17.6 Å². The molecule has 26 heavy (non-hydrogen) atoms. The summed E-state index contributed by atoms with van der Waals surface area (Å²) >= 11 is 0. The molecule has 0 unspecified atom stereocenters. The van der Waals surface area contributed by atoms with Crippen LogP contribution >= 0.6 is 0 Å². The second-order valence-corrected chi connectivity index (χ2v) is 5.82. The Bertz CT molecular complexity index is 1210. The smallest absolute Gasteiger partial charge is 0.417 e. The number of hydrogen-bond donors (Lipinski definition) is 0. The fraction of sp³-hybridized carbons (Fsp3) is 0.0500. The Morgan fingerprint density at radius 3 is 2.42 bits per heavy atom. The summed E-state index contributed by atoms with van der Waals surface area (Å²) in [6.07, 6.45) is -4.71. The quantitative estimate of drug-likeness (QED) is 0.319. The number of hydrogen-bond acceptors (Lipinski definition) is 2. The molecule has 0 aliphatic rings. The summed E-state index contributed by atoms with van der Waals surface area (Å²) in [5, 5.41) is 1.72. The van der Waals surface area contributed by atoms with Crippen molar-refractivity contribution in [2.45, 2.75) is 6.18 Å². The van der Waals surface area contributed by atoms with E-state index in [1.165, 1.54) is 6.07 Å². The molecule has 0 atom stereocenters. The SMILES string of the molecule is O=c1cc(-c2cc(F)ccc2C(F)(F)F)oc2ccc3ccccc3c12. The van der Waals surface area contributed by atoms with E-state index in [2.05, 4.69) is 0 Å². The first kappa shape index (κ1) is 16.3. The molecule has 0 saturated heterocycles. The first-order valence-electron chi connectivity index (χ1n) is 7.67. The first-order chi connectivity index (χ1) is 12.3. The molecule has 0 fully saturated rings. The number of fused-ring (bicyclic) bond motifs is 3. The molecular weight excluding hydrogens is 348 g/mol. The van der Waals surface area contributed by atoms with Crippen LogP contribution in [0.5, 0.6) is 0 Å². The Hall–Kier alpha value is -3.15.